The van der Waals surface area contributed by atoms with Gasteiger partial charge in [-0.15, -0.1) is 0 Å². The number of amides is 1. The van der Waals surface area contributed by atoms with Gasteiger partial charge in [0.05, 0.1) is 11.3 Å². The number of carbonyl (C=O) groups is 2. The molecule has 1 rings (SSSR count). The SMILES string of the molecule is CC(C)NC(=O)C(C)OC(=O)c1cc(N)c(F)cc1Br. The van der Waals surface area contributed by atoms with Crippen LogP contribution in [0.1, 0.15) is 31.1 Å². The van der Waals surface area contributed by atoms with Gasteiger partial charge in [-0.3, -0.25) is 4.79 Å². The van der Waals surface area contributed by atoms with Gasteiger partial charge in [0.15, 0.2) is 6.10 Å². The third kappa shape index (κ3) is 4.19. The van der Waals surface area contributed by atoms with Gasteiger partial charge >= 0.3 is 5.97 Å². The van der Waals surface area contributed by atoms with Gasteiger partial charge in [-0.2, -0.15) is 0 Å². The summed E-state index contributed by atoms with van der Waals surface area (Å²) in [5.41, 5.74) is 5.30. The van der Waals surface area contributed by atoms with Crippen molar-refractivity contribution in [2.45, 2.75) is 32.9 Å². The van der Waals surface area contributed by atoms with E-state index in [0.29, 0.717) is 0 Å². The number of hydrogen-bond acceptors (Lipinski definition) is 4. The molecule has 0 spiro atoms. The van der Waals surface area contributed by atoms with Crippen molar-refractivity contribution in [2.75, 3.05) is 5.73 Å². The van der Waals surface area contributed by atoms with Gasteiger partial charge in [-0.1, -0.05) is 0 Å². The Balaban J connectivity index is 2.81. The van der Waals surface area contributed by atoms with E-state index in [-0.39, 0.29) is 21.8 Å². The molecule has 0 aliphatic rings. The predicted molar refractivity (Wildman–Crippen MR) is 76.7 cm³/mol. The maximum absolute atomic E-state index is 13.2. The second kappa shape index (κ2) is 6.69. The van der Waals surface area contributed by atoms with Crippen molar-refractivity contribution < 1.29 is 18.7 Å². The van der Waals surface area contributed by atoms with Crippen LogP contribution in [-0.4, -0.2) is 24.0 Å². The lowest BCUT2D eigenvalue weighted by molar-refractivity contribution is -0.129. The van der Waals surface area contributed by atoms with Gasteiger partial charge in [0.1, 0.15) is 5.82 Å². The Hall–Kier alpha value is -1.63. The molecule has 0 radical (unpaired) electrons. The molecule has 0 fully saturated rings. The zero-order chi connectivity index (χ0) is 15.4. The highest BCUT2D eigenvalue weighted by Crippen LogP contribution is 2.23. The van der Waals surface area contributed by atoms with Crippen molar-refractivity contribution in [3.8, 4) is 0 Å². The van der Waals surface area contributed by atoms with Crippen LogP contribution >= 0.6 is 15.9 Å². The summed E-state index contributed by atoms with van der Waals surface area (Å²) in [5.74, 6) is -1.80. The first-order valence-electron chi connectivity index (χ1n) is 5.98. The second-order valence-corrected chi connectivity index (χ2v) is 5.42. The molecule has 0 aliphatic carbocycles. The van der Waals surface area contributed by atoms with Crippen molar-refractivity contribution >= 4 is 33.5 Å². The normalized spacial score (nSPS) is 12.1. The maximum atomic E-state index is 13.2. The number of esters is 1. The lowest BCUT2D eigenvalue weighted by atomic mass is 10.2. The number of nitrogens with one attached hydrogen (secondary N) is 1. The number of hydrogen-bond donors (Lipinski definition) is 2. The largest absolute Gasteiger partial charge is 0.449 e. The van der Waals surface area contributed by atoms with E-state index in [0.717, 1.165) is 12.1 Å². The average molecular weight is 347 g/mol. The molecule has 0 saturated heterocycles. The smallest absolute Gasteiger partial charge is 0.340 e. The number of nitrogens with two attached hydrogens (primary N) is 1. The number of carbonyl (C=O) groups excluding carboxylic acids is 2. The fraction of sp³-hybridized carbons (Fsp3) is 0.385. The van der Waals surface area contributed by atoms with Crippen molar-refractivity contribution in [2.24, 2.45) is 0 Å². The average Bonchev–Trinajstić information content (AvgIpc) is 2.32. The molecule has 110 valence electrons. The number of nitrogen functional groups attached to an aromatic ring is 1. The van der Waals surface area contributed by atoms with Crippen LogP contribution in [0, 0.1) is 5.82 Å². The molecule has 1 aromatic carbocycles. The zero-order valence-electron chi connectivity index (χ0n) is 11.4. The van der Waals surface area contributed by atoms with E-state index in [1.54, 1.807) is 13.8 Å². The third-order valence-electron chi connectivity index (χ3n) is 2.39. The van der Waals surface area contributed by atoms with Crippen LogP contribution in [0.4, 0.5) is 10.1 Å². The number of rotatable bonds is 4. The molecule has 0 aliphatic heterocycles. The molecular formula is C13H16BrFN2O3. The standard InChI is InChI=1S/C13H16BrFN2O3/c1-6(2)17-12(18)7(3)20-13(19)8-4-11(16)10(15)5-9(8)14/h4-7H,16H2,1-3H3,(H,17,18). The van der Waals surface area contributed by atoms with Gasteiger partial charge in [-0.05, 0) is 48.8 Å². The summed E-state index contributed by atoms with van der Waals surface area (Å²) in [6, 6.07) is 2.18. The molecule has 0 heterocycles. The summed E-state index contributed by atoms with van der Waals surface area (Å²) in [6.45, 7) is 5.05. The molecule has 1 aromatic rings. The van der Waals surface area contributed by atoms with Gasteiger partial charge < -0.3 is 15.8 Å². The molecule has 1 atom stereocenters. The van der Waals surface area contributed by atoms with E-state index in [4.69, 9.17) is 10.5 Å². The van der Waals surface area contributed by atoms with E-state index in [1.807, 2.05) is 0 Å². The molecule has 20 heavy (non-hydrogen) atoms. The summed E-state index contributed by atoms with van der Waals surface area (Å²) >= 11 is 3.05. The Labute approximate surface area is 124 Å². The van der Waals surface area contributed by atoms with Crippen LogP contribution < -0.4 is 11.1 Å². The van der Waals surface area contributed by atoms with Crippen LogP contribution in [0.2, 0.25) is 0 Å². The summed E-state index contributed by atoms with van der Waals surface area (Å²) < 4.78 is 18.4. The molecule has 7 heteroatoms. The van der Waals surface area contributed by atoms with Crippen LogP contribution in [0.15, 0.2) is 16.6 Å². The Kier molecular flexibility index (Phi) is 5.50. The van der Waals surface area contributed by atoms with Gasteiger partial charge in [0.2, 0.25) is 0 Å². The van der Waals surface area contributed by atoms with Crippen LogP contribution in [-0.2, 0) is 9.53 Å². The highest BCUT2D eigenvalue weighted by Gasteiger charge is 2.21. The van der Waals surface area contributed by atoms with Gasteiger partial charge in [0.25, 0.3) is 5.91 Å². The molecule has 0 saturated carbocycles. The summed E-state index contributed by atoms with van der Waals surface area (Å²) in [6.07, 6.45) is -0.955. The molecule has 3 N–H and O–H groups in total. The number of halogens is 2. The highest BCUT2D eigenvalue weighted by molar-refractivity contribution is 9.10. The molecule has 1 unspecified atom stereocenters. The minimum absolute atomic E-state index is 0.0585. The number of ether oxygens (including phenoxy) is 1. The van der Waals surface area contributed by atoms with Crippen molar-refractivity contribution in [1.82, 2.24) is 5.32 Å². The highest BCUT2D eigenvalue weighted by atomic mass is 79.9. The van der Waals surface area contributed by atoms with Crippen LogP contribution in [0.25, 0.3) is 0 Å². The summed E-state index contributed by atoms with van der Waals surface area (Å²) in [5, 5.41) is 2.62. The first kappa shape index (κ1) is 16.4. The number of anilines is 1. The first-order chi connectivity index (χ1) is 9.22. The minimum Gasteiger partial charge on any atom is -0.449 e. The monoisotopic (exact) mass is 346 g/mol. The second-order valence-electron chi connectivity index (χ2n) is 4.56. The molecule has 0 bridgehead atoms. The van der Waals surface area contributed by atoms with Crippen molar-refractivity contribution in [1.29, 1.82) is 0 Å². The summed E-state index contributed by atoms with van der Waals surface area (Å²) in [4.78, 5) is 23.6. The first-order valence-corrected chi connectivity index (χ1v) is 6.77. The van der Waals surface area contributed by atoms with E-state index in [1.165, 1.54) is 6.92 Å². The Morgan fingerprint density at radius 3 is 2.50 bits per heavy atom. The molecular weight excluding hydrogens is 331 g/mol. The maximum Gasteiger partial charge on any atom is 0.340 e. The lowest BCUT2D eigenvalue weighted by Crippen LogP contribution is -2.39. The molecule has 5 nitrogen and oxygen atoms in total. The minimum atomic E-state index is -0.955. The topological polar surface area (TPSA) is 81.4 Å². The van der Waals surface area contributed by atoms with Crippen molar-refractivity contribution in [3.63, 3.8) is 0 Å². The fourth-order valence-electron chi connectivity index (χ4n) is 1.40. The molecule has 0 aromatic heterocycles. The van der Waals surface area contributed by atoms with Crippen molar-refractivity contribution in [3.05, 3.63) is 28.0 Å². The van der Waals surface area contributed by atoms with E-state index < -0.39 is 23.8 Å². The Bertz CT molecular complexity index is 535. The zero-order valence-corrected chi connectivity index (χ0v) is 13.0. The van der Waals surface area contributed by atoms with E-state index in [2.05, 4.69) is 21.2 Å². The predicted octanol–water partition coefficient (Wildman–Crippen LogP) is 2.24. The van der Waals surface area contributed by atoms with Gasteiger partial charge in [-0.25, -0.2) is 9.18 Å². The van der Waals surface area contributed by atoms with E-state index >= 15 is 0 Å². The van der Waals surface area contributed by atoms with Crippen LogP contribution in [0.3, 0.4) is 0 Å². The fourth-order valence-corrected chi connectivity index (χ4v) is 1.88. The third-order valence-corrected chi connectivity index (χ3v) is 3.05. The Morgan fingerprint density at radius 1 is 1.35 bits per heavy atom. The van der Waals surface area contributed by atoms with E-state index in [9.17, 15) is 14.0 Å². The lowest BCUT2D eigenvalue weighted by Gasteiger charge is -2.16. The van der Waals surface area contributed by atoms with Crippen LogP contribution in [0.5, 0.6) is 0 Å². The quantitative estimate of drug-likeness (QED) is 0.647. The summed E-state index contributed by atoms with van der Waals surface area (Å²) in [7, 11) is 0. The Morgan fingerprint density at radius 2 is 1.95 bits per heavy atom. The molecule has 1 amide bonds. The number of benzene rings is 1. The van der Waals surface area contributed by atoms with Gasteiger partial charge in [0, 0.05) is 10.5 Å².